The highest BCUT2D eigenvalue weighted by atomic mass is 16.1. The molecule has 1 aliphatic rings. The molecular weight excluding hydrogens is 234 g/mol. The number of pyridine rings is 1. The number of aromatic nitrogens is 1. The number of hydrogen-bond donors (Lipinski definition) is 0. The van der Waals surface area contributed by atoms with Gasteiger partial charge < -0.3 is 4.57 Å². The summed E-state index contributed by atoms with van der Waals surface area (Å²) in [6, 6.07) is 10.2. The standard InChI is InChI=1S/C17H19NO/c1-13-11-18(12-14-7-3-2-4-8-14)17(19)16-10-6-5-9-15(13)16/h2-4,7-8,11H,5-6,9-10,12H2,1H3. The first-order valence-electron chi connectivity index (χ1n) is 7.01. The van der Waals surface area contributed by atoms with E-state index >= 15 is 0 Å². The second kappa shape index (κ2) is 5.04. The summed E-state index contributed by atoms with van der Waals surface area (Å²) < 4.78 is 1.87. The van der Waals surface area contributed by atoms with Crippen LogP contribution in [0.15, 0.2) is 41.3 Å². The molecule has 2 heteroatoms. The van der Waals surface area contributed by atoms with E-state index in [2.05, 4.69) is 19.1 Å². The van der Waals surface area contributed by atoms with Gasteiger partial charge in [-0.05, 0) is 49.3 Å². The molecule has 0 aliphatic heterocycles. The van der Waals surface area contributed by atoms with Crippen molar-refractivity contribution < 1.29 is 0 Å². The molecule has 19 heavy (non-hydrogen) atoms. The molecule has 2 nitrogen and oxygen atoms in total. The maximum absolute atomic E-state index is 12.5. The van der Waals surface area contributed by atoms with E-state index in [1.807, 2.05) is 29.0 Å². The topological polar surface area (TPSA) is 22.0 Å². The molecule has 0 amide bonds. The SMILES string of the molecule is Cc1cn(Cc2ccccc2)c(=O)c2c1CCCC2. The minimum Gasteiger partial charge on any atom is -0.311 e. The molecule has 0 saturated heterocycles. The molecule has 2 aromatic rings. The Hall–Kier alpha value is -1.83. The fourth-order valence-electron chi connectivity index (χ4n) is 3.02. The first-order valence-corrected chi connectivity index (χ1v) is 7.01. The Morgan fingerprint density at radius 2 is 1.74 bits per heavy atom. The zero-order valence-electron chi connectivity index (χ0n) is 11.4. The van der Waals surface area contributed by atoms with Crippen LogP contribution in [0.1, 0.15) is 35.1 Å². The molecule has 0 N–H and O–H groups in total. The maximum Gasteiger partial charge on any atom is 0.254 e. The van der Waals surface area contributed by atoms with E-state index < -0.39 is 0 Å². The van der Waals surface area contributed by atoms with Crippen LogP contribution in [0.2, 0.25) is 0 Å². The first-order chi connectivity index (χ1) is 9.25. The molecular formula is C17H19NO. The van der Waals surface area contributed by atoms with Gasteiger partial charge >= 0.3 is 0 Å². The predicted molar refractivity (Wildman–Crippen MR) is 77.6 cm³/mol. The average Bonchev–Trinajstić information content (AvgIpc) is 2.46. The second-order valence-corrected chi connectivity index (χ2v) is 5.39. The highest BCUT2D eigenvalue weighted by Crippen LogP contribution is 2.21. The van der Waals surface area contributed by atoms with Gasteiger partial charge in [-0.15, -0.1) is 0 Å². The van der Waals surface area contributed by atoms with E-state index in [-0.39, 0.29) is 5.56 Å². The average molecular weight is 253 g/mol. The summed E-state index contributed by atoms with van der Waals surface area (Å²) >= 11 is 0. The van der Waals surface area contributed by atoms with E-state index in [1.54, 1.807) is 0 Å². The van der Waals surface area contributed by atoms with Crippen LogP contribution in [0.4, 0.5) is 0 Å². The number of benzene rings is 1. The summed E-state index contributed by atoms with van der Waals surface area (Å²) in [5, 5.41) is 0. The highest BCUT2D eigenvalue weighted by Gasteiger charge is 2.16. The van der Waals surface area contributed by atoms with E-state index in [4.69, 9.17) is 0 Å². The molecule has 0 bridgehead atoms. The van der Waals surface area contributed by atoms with Crippen LogP contribution in [-0.4, -0.2) is 4.57 Å². The Morgan fingerprint density at radius 1 is 1.05 bits per heavy atom. The molecule has 98 valence electrons. The lowest BCUT2D eigenvalue weighted by Gasteiger charge is -2.19. The smallest absolute Gasteiger partial charge is 0.254 e. The second-order valence-electron chi connectivity index (χ2n) is 5.39. The summed E-state index contributed by atoms with van der Waals surface area (Å²) in [4.78, 5) is 12.5. The van der Waals surface area contributed by atoms with Crippen LogP contribution in [0.25, 0.3) is 0 Å². The van der Waals surface area contributed by atoms with Crippen molar-refractivity contribution in [1.82, 2.24) is 4.57 Å². The lowest BCUT2D eigenvalue weighted by Crippen LogP contribution is -2.28. The summed E-state index contributed by atoms with van der Waals surface area (Å²) in [6.45, 7) is 2.80. The highest BCUT2D eigenvalue weighted by molar-refractivity contribution is 5.34. The van der Waals surface area contributed by atoms with Gasteiger partial charge in [-0.2, -0.15) is 0 Å². The zero-order chi connectivity index (χ0) is 13.2. The first kappa shape index (κ1) is 12.2. The number of rotatable bonds is 2. The Kier molecular flexibility index (Phi) is 3.24. The normalized spacial score (nSPS) is 14.2. The maximum atomic E-state index is 12.5. The molecule has 0 radical (unpaired) electrons. The van der Waals surface area contributed by atoms with E-state index in [0.717, 1.165) is 24.8 Å². The van der Waals surface area contributed by atoms with E-state index in [9.17, 15) is 4.79 Å². The van der Waals surface area contributed by atoms with E-state index in [1.165, 1.54) is 23.1 Å². The van der Waals surface area contributed by atoms with Gasteiger partial charge in [0.1, 0.15) is 0 Å². The van der Waals surface area contributed by atoms with Crippen molar-refractivity contribution in [3.8, 4) is 0 Å². The van der Waals surface area contributed by atoms with Crippen molar-refractivity contribution in [1.29, 1.82) is 0 Å². The lowest BCUT2D eigenvalue weighted by atomic mass is 9.90. The van der Waals surface area contributed by atoms with Gasteiger partial charge in [0.05, 0.1) is 6.54 Å². The third-order valence-electron chi connectivity index (χ3n) is 4.01. The summed E-state index contributed by atoms with van der Waals surface area (Å²) in [6.07, 6.45) is 6.42. The summed E-state index contributed by atoms with van der Waals surface area (Å²) in [7, 11) is 0. The third-order valence-corrected chi connectivity index (χ3v) is 4.01. The lowest BCUT2D eigenvalue weighted by molar-refractivity contribution is 0.645. The van der Waals surface area contributed by atoms with Crippen LogP contribution >= 0.6 is 0 Å². The van der Waals surface area contributed by atoms with E-state index in [0.29, 0.717) is 6.54 Å². The predicted octanol–water partition coefficient (Wildman–Crippen LogP) is 3.08. The Balaban J connectivity index is 2.03. The van der Waals surface area contributed by atoms with Crippen molar-refractivity contribution in [2.24, 2.45) is 0 Å². The van der Waals surface area contributed by atoms with Gasteiger partial charge in [0.15, 0.2) is 0 Å². The van der Waals surface area contributed by atoms with Crippen LogP contribution in [0.3, 0.4) is 0 Å². The van der Waals surface area contributed by atoms with Gasteiger partial charge in [-0.25, -0.2) is 0 Å². The number of nitrogens with zero attached hydrogens (tertiary/aromatic N) is 1. The Labute approximate surface area is 113 Å². The quantitative estimate of drug-likeness (QED) is 0.806. The largest absolute Gasteiger partial charge is 0.311 e. The van der Waals surface area contributed by atoms with Crippen LogP contribution in [-0.2, 0) is 19.4 Å². The van der Waals surface area contributed by atoms with Crippen molar-refractivity contribution in [3.05, 3.63) is 69.1 Å². The van der Waals surface area contributed by atoms with Crippen molar-refractivity contribution in [2.45, 2.75) is 39.2 Å². The summed E-state index contributed by atoms with van der Waals surface area (Å²) in [5.41, 5.74) is 5.02. The van der Waals surface area contributed by atoms with Crippen LogP contribution in [0.5, 0.6) is 0 Å². The Morgan fingerprint density at radius 3 is 2.47 bits per heavy atom. The fourth-order valence-corrected chi connectivity index (χ4v) is 3.02. The molecule has 0 atom stereocenters. The molecule has 1 aromatic carbocycles. The van der Waals surface area contributed by atoms with Gasteiger partial charge in [-0.3, -0.25) is 4.79 Å². The molecule has 1 aliphatic carbocycles. The molecule has 0 spiro atoms. The molecule has 1 heterocycles. The number of hydrogen-bond acceptors (Lipinski definition) is 1. The molecule has 0 saturated carbocycles. The van der Waals surface area contributed by atoms with Crippen LogP contribution in [0, 0.1) is 6.92 Å². The number of fused-ring (bicyclic) bond motifs is 1. The molecule has 3 rings (SSSR count). The summed E-state index contributed by atoms with van der Waals surface area (Å²) in [5.74, 6) is 0. The Bertz CT molecular complexity index is 640. The fraction of sp³-hybridized carbons (Fsp3) is 0.353. The monoisotopic (exact) mass is 253 g/mol. The third kappa shape index (κ3) is 2.35. The molecule has 1 aromatic heterocycles. The van der Waals surface area contributed by atoms with Crippen molar-refractivity contribution in [2.75, 3.05) is 0 Å². The number of aryl methyl sites for hydroxylation is 1. The van der Waals surface area contributed by atoms with Gasteiger partial charge in [0.2, 0.25) is 0 Å². The minimum absolute atomic E-state index is 0.212. The van der Waals surface area contributed by atoms with Crippen LogP contribution < -0.4 is 5.56 Å². The van der Waals surface area contributed by atoms with Crippen molar-refractivity contribution in [3.63, 3.8) is 0 Å². The minimum atomic E-state index is 0.212. The molecule has 0 fully saturated rings. The molecule has 0 unspecified atom stereocenters. The van der Waals surface area contributed by atoms with Gasteiger partial charge in [0.25, 0.3) is 5.56 Å². The van der Waals surface area contributed by atoms with Gasteiger partial charge in [-0.1, -0.05) is 30.3 Å². The van der Waals surface area contributed by atoms with Crippen molar-refractivity contribution >= 4 is 0 Å². The van der Waals surface area contributed by atoms with Gasteiger partial charge in [0, 0.05) is 11.8 Å². The zero-order valence-corrected chi connectivity index (χ0v) is 11.4.